The Labute approximate surface area is 183 Å². The Morgan fingerprint density at radius 1 is 1.00 bits per heavy atom. The van der Waals surface area contributed by atoms with Crippen LogP contribution in [0.5, 0.6) is 0 Å². The van der Waals surface area contributed by atoms with Crippen LogP contribution in [0.25, 0.3) is 28.2 Å². The molecule has 2 aromatic carbocycles. The number of hydrogen-bond acceptors (Lipinski definition) is 5. The molecule has 0 fully saturated rings. The fraction of sp³-hybridized carbons (Fsp3) is 0.125. The highest BCUT2D eigenvalue weighted by atomic mass is 32.2. The number of hydrogen-bond donors (Lipinski definition) is 1. The molecule has 0 aliphatic heterocycles. The largest absolute Gasteiger partial charge is 0.441 e. The third-order valence-electron chi connectivity index (χ3n) is 5.02. The molecule has 0 unspecified atom stereocenters. The molecule has 5 rings (SSSR count). The van der Waals surface area contributed by atoms with E-state index in [0.29, 0.717) is 27.8 Å². The van der Waals surface area contributed by atoms with E-state index in [-0.39, 0.29) is 5.56 Å². The molecule has 1 N–H and O–H groups in total. The number of nitrogens with zero attached hydrogens (tertiary/aromatic N) is 3. The third-order valence-corrected chi connectivity index (χ3v) is 5.97. The highest BCUT2D eigenvalue weighted by Crippen LogP contribution is 2.28. The Bertz CT molecular complexity index is 1420. The average Bonchev–Trinajstić information content (AvgIpc) is 3.35. The standard InChI is InChI=1S/C24H20N4O2S/c1-15-13-19-21(25-15)23(29)28(18-11-7-4-8-12-18)24(27-19)31-14-20-16(2)30-22(26-20)17-9-5-3-6-10-17/h3-13,25H,14H2,1-2H3. The van der Waals surface area contributed by atoms with Crippen molar-refractivity contribution >= 4 is 22.8 Å². The van der Waals surface area contributed by atoms with E-state index in [1.807, 2.05) is 80.6 Å². The zero-order valence-corrected chi connectivity index (χ0v) is 17.9. The normalized spacial score (nSPS) is 11.3. The molecule has 0 atom stereocenters. The average molecular weight is 429 g/mol. The summed E-state index contributed by atoms with van der Waals surface area (Å²) in [5.41, 5.74) is 4.51. The Morgan fingerprint density at radius 3 is 2.45 bits per heavy atom. The van der Waals surface area contributed by atoms with Gasteiger partial charge in [0, 0.05) is 17.0 Å². The first-order valence-corrected chi connectivity index (χ1v) is 10.9. The molecule has 3 heterocycles. The van der Waals surface area contributed by atoms with Gasteiger partial charge in [0.1, 0.15) is 11.3 Å². The van der Waals surface area contributed by atoms with E-state index >= 15 is 0 Å². The van der Waals surface area contributed by atoms with Gasteiger partial charge in [0.15, 0.2) is 5.16 Å². The SMILES string of the molecule is Cc1cc2nc(SCc3nc(-c4ccccc4)oc3C)n(-c3ccccc3)c(=O)c2[nH]1. The van der Waals surface area contributed by atoms with Gasteiger partial charge < -0.3 is 9.40 Å². The highest BCUT2D eigenvalue weighted by molar-refractivity contribution is 7.98. The Morgan fingerprint density at radius 2 is 1.71 bits per heavy atom. The summed E-state index contributed by atoms with van der Waals surface area (Å²) in [7, 11) is 0. The lowest BCUT2D eigenvalue weighted by molar-refractivity contribution is 0.540. The van der Waals surface area contributed by atoms with Crippen molar-refractivity contribution in [2.45, 2.75) is 24.8 Å². The van der Waals surface area contributed by atoms with E-state index in [1.165, 1.54) is 11.8 Å². The first kappa shape index (κ1) is 19.4. The van der Waals surface area contributed by atoms with Gasteiger partial charge in [-0.2, -0.15) is 0 Å². The van der Waals surface area contributed by atoms with Crippen LogP contribution in [0.3, 0.4) is 0 Å². The molecule has 0 bridgehead atoms. The van der Waals surface area contributed by atoms with Crippen LogP contribution in [0.15, 0.2) is 81.1 Å². The summed E-state index contributed by atoms with van der Waals surface area (Å²) in [5, 5.41) is 0.617. The number of aromatic amines is 1. The van der Waals surface area contributed by atoms with Gasteiger partial charge >= 0.3 is 0 Å². The second kappa shape index (κ2) is 7.92. The zero-order chi connectivity index (χ0) is 21.4. The van der Waals surface area contributed by atoms with Gasteiger partial charge in [-0.1, -0.05) is 48.2 Å². The lowest BCUT2D eigenvalue weighted by atomic mass is 10.2. The van der Waals surface area contributed by atoms with Crippen LogP contribution in [-0.4, -0.2) is 19.5 Å². The Hall–Kier alpha value is -3.58. The number of benzene rings is 2. The second-order valence-corrected chi connectivity index (χ2v) is 8.20. The van der Waals surface area contributed by atoms with Crippen molar-refractivity contribution in [1.29, 1.82) is 0 Å². The topological polar surface area (TPSA) is 76.7 Å². The van der Waals surface area contributed by atoms with E-state index < -0.39 is 0 Å². The van der Waals surface area contributed by atoms with Crippen LogP contribution in [0, 0.1) is 13.8 Å². The number of thioether (sulfide) groups is 1. The lowest BCUT2D eigenvalue weighted by Crippen LogP contribution is -2.21. The van der Waals surface area contributed by atoms with E-state index in [2.05, 4.69) is 9.97 Å². The first-order chi connectivity index (χ1) is 15.1. The number of fused-ring (bicyclic) bond motifs is 1. The molecule has 5 aromatic rings. The third kappa shape index (κ3) is 3.68. The maximum atomic E-state index is 13.3. The lowest BCUT2D eigenvalue weighted by Gasteiger charge is -2.11. The van der Waals surface area contributed by atoms with Gasteiger partial charge in [-0.05, 0) is 44.2 Å². The predicted octanol–water partition coefficient (Wildman–Crippen LogP) is 5.28. The van der Waals surface area contributed by atoms with E-state index in [0.717, 1.165) is 28.4 Å². The second-order valence-electron chi connectivity index (χ2n) is 7.26. The molecule has 7 heteroatoms. The van der Waals surface area contributed by atoms with Crippen molar-refractivity contribution in [2.75, 3.05) is 0 Å². The van der Waals surface area contributed by atoms with Crippen molar-refractivity contribution in [3.8, 4) is 17.1 Å². The quantitative estimate of drug-likeness (QED) is 0.304. The van der Waals surface area contributed by atoms with Crippen LogP contribution in [0.2, 0.25) is 0 Å². The molecule has 0 aliphatic rings. The molecule has 0 saturated carbocycles. The van der Waals surface area contributed by atoms with Crippen LogP contribution in [0.4, 0.5) is 0 Å². The molecule has 0 aliphatic carbocycles. The van der Waals surface area contributed by atoms with E-state index in [1.54, 1.807) is 4.57 Å². The summed E-state index contributed by atoms with van der Waals surface area (Å²) in [4.78, 5) is 25.9. The van der Waals surface area contributed by atoms with E-state index in [4.69, 9.17) is 9.40 Å². The van der Waals surface area contributed by atoms with Crippen LogP contribution in [0.1, 0.15) is 17.1 Å². The first-order valence-electron chi connectivity index (χ1n) is 9.92. The molecule has 0 spiro atoms. The molecule has 0 amide bonds. The number of nitrogens with one attached hydrogen (secondary N) is 1. The van der Waals surface area contributed by atoms with Crippen LogP contribution < -0.4 is 5.56 Å². The smallest absolute Gasteiger partial charge is 0.283 e. The fourth-order valence-corrected chi connectivity index (χ4v) is 4.49. The van der Waals surface area contributed by atoms with Crippen molar-refractivity contribution in [3.63, 3.8) is 0 Å². The molecule has 0 radical (unpaired) electrons. The zero-order valence-electron chi connectivity index (χ0n) is 17.1. The molecule has 31 heavy (non-hydrogen) atoms. The summed E-state index contributed by atoms with van der Waals surface area (Å²) in [6, 6.07) is 21.3. The summed E-state index contributed by atoms with van der Waals surface area (Å²) in [6.07, 6.45) is 0. The summed E-state index contributed by atoms with van der Waals surface area (Å²) >= 11 is 1.47. The van der Waals surface area contributed by atoms with Gasteiger partial charge in [0.25, 0.3) is 5.56 Å². The number of para-hydroxylation sites is 1. The van der Waals surface area contributed by atoms with Gasteiger partial charge in [0.2, 0.25) is 5.89 Å². The number of aryl methyl sites for hydroxylation is 2. The number of oxazole rings is 1. The molecule has 154 valence electrons. The summed E-state index contributed by atoms with van der Waals surface area (Å²) in [5.74, 6) is 1.90. The summed E-state index contributed by atoms with van der Waals surface area (Å²) in [6.45, 7) is 3.83. The number of rotatable bonds is 5. The molecule has 6 nitrogen and oxygen atoms in total. The predicted molar refractivity (Wildman–Crippen MR) is 123 cm³/mol. The van der Waals surface area contributed by atoms with Gasteiger partial charge in [-0.3, -0.25) is 9.36 Å². The van der Waals surface area contributed by atoms with Crippen molar-refractivity contribution in [1.82, 2.24) is 19.5 Å². The minimum Gasteiger partial charge on any atom is -0.441 e. The minimum absolute atomic E-state index is 0.117. The molecule has 0 saturated heterocycles. The minimum atomic E-state index is -0.117. The Kier molecular flexibility index (Phi) is 4.95. The summed E-state index contributed by atoms with van der Waals surface area (Å²) < 4.78 is 7.53. The molecule has 3 aromatic heterocycles. The van der Waals surface area contributed by atoms with Crippen molar-refractivity contribution in [2.24, 2.45) is 0 Å². The van der Waals surface area contributed by atoms with Crippen molar-refractivity contribution < 1.29 is 4.42 Å². The molecular weight excluding hydrogens is 408 g/mol. The maximum Gasteiger partial charge on any atom is 0.283 e. The fourth-order valence-electron chi connectivity index (χ4n) is 3.48. The number of H-pyrrole nitrogens is 1. The molecular formula is C24H20N4O2S. The van der Waals surface area contributed by atoms with Gasteiger partial charge in [-0.15, -0.1) is 0 Å². The maximum absolute atomic E-state index is 13.3. The van der Waals surface area contributed by atoms with E-state index in [9.17, 15) is 4.79 Å². The van der Waals surface area contributed by atoms with Gasteiger partial charge in [0.05, 0.1) is 16.9 Å². The highest BCUT2D eigenvalue weighted by Gasteiger charge is 2.17. The van der Waals surface area contributed by atoms with Crippen LogP contribution >= 0.6 is 11.8 Å². The van der Waals surface area contributed by atoms with Crippen LogP contribution in [-0.2, 0) is 5.75 Å². The van der Waals surface area contributed by atoms with Crippen molar-refractivity contribution in [3.05, 3.63) is 94.2 Å². The van der Waals surface area contributed by atoms with Gasteiger partial charge in [-0.25, -0.2) is 9.97 Å². The number of aromatic nitrogens is 4. The monoisotopic (exact) mass is 428 g/mol. The Balaban J connectivity index is 1.54.